The summed E-state index contributed by atoms with van der Waals surface area (Å²) in [5.74, 6) is -0.238. The fourth-order valence-corrected chi connectivity index (χ4v) is 4.04. The molecule has 4 nitrogen and oxygen atoms in total. The molecule has 0 aliphatic carbocycles. The molecule has 9 heteroatoms. The quantitative estimate of drug-likeness (QED) is 0.460. The SMILES string of the molecule is O=C1NC(=NCc2ccccc2)SC1=Cc1ccc(-c2ncc(C(F)(F)F)cc2Cl)cc1. The Hall–Kier alpha value is -3.10. The van der Waals surface area contributed by atoms with E-state index in [4.69, 9.17) is 11.6 Å². The van der Waals surface area contributed by atoms with Crippen LogP contribution < -0.4 is 5.32 Å². The monoisotopic (exact) mass is 473 g/mol. The Morgan fingerprint density at radius 1 is 1.09 bits per heavy atom. The molecule has 1 aliphatic heterocycles. The number of carbonyl (C=O) groups is 1. The minimum atomic E-state index is -4.51. The van der Waals surface area contributed by atoms with Gasteiger partial charge in [0.2, 0.25) is 0 Å². The first-order chi connectivity index (χ1) is 15.3. The molecule has 1 aromatic heterocycles. The van der Waals surface area contributed by atoms with Crippen molar-refractivity contribution >= 4 is 40.5 Å². The van der Waals surface area contributed by atoms with Crippen molar-refractivity contribution in [2.45, 2.75) is 12.7 Å². The van der Waals surface area contributed by atoms with E-state index in [1.807, 2.05) is 30.3 Å². The Balaban J connectivity index is 1.48. The molecule has 0 unspecified atom stereocenters. The number of aromatic nitrogens is 1. The molecule has 0 saturated carbocycles. The van der Waals surface area contributed by atoms with Gasteiger partial charge in [-0.3, -0.25) is 14.8 Å². The molecule has 0 bridgehead atoms. The van der Waals surface area contributed by atoms with Crippen molar-refractivity contribution in [2.24, 2.45) is 4.99 Å². The summed E-state index contributed by atoms with van der Waals surface area (Å²) in [6.45, 7) is 0.465. The third-order valence-corrected chi connectivity index (χ3v) is 5.79. The standard InChI is InChI=1S/C23H15ClF3N3OS/c24-18-11-17(23(25,26)27)13-28-20(18)16-8-6-14(7-9-16)10-19-21(31)30-22(32-19)29-12-15-4-2-1-3-5-15/h1-11,13H,12H2,(H,29,30,31). The highest BCUT2D eigenvalue weighted by molar-refractivity contribution is 8.18. The number of amides is 1. The number of benzene rings is 2. The van der Waals surface area contributed by atoms with Gasteiger partial charge in [-0.05, 0) is 35.0 Å². The van der Waals surface area contributed by atoms with Crippen LogP contribution in [0.2, 0.25) is 5.02 Å². The van der Waals surface area contributed by atoms with Crippen molar-refractivity contribution in [3.05, 3.63) is 93.5 Å². The van der Waals surface area contributed by atoms with Crippen molar-refractivity contribution in [2.75, 3.05) is 0 Å². The molecule has 1 N–H and O–H groups in total. The number of thioether (sulfide) groups is 1. The number of rotatable bonds is 4. The Kier molecular flexibility index (Phi) is 6.34. The van der Waals surface area contributed by atoms with Gasteiger partial charge in [-0.15, -0.1) is 0 Å². The van der Waals surface area contributed by atoms with E-state index in [0.29, 0.717) is 22.2 Å². The van der Waals surface area contributed by atoms with Gasteiger partial charge in [-0.1, -0.05) is 66.2 Å². The lowest BCUT2D eigenvalue weighted by Crippen LogP contribution is -2.19. The molecule has 1 amide bonds. The Morgan fingerprint density at radius 2 is 1.81 bits per heavy atom. The van der Waals surface area contributed by atoms with E-state index in [0.717, 1.165) is 23.4 Å². The van der Waals surface area contributed by atoms with Crippen LogP contribution in [0, 0.1) is 0 Å². The molecule has 32 heavy (non-hydrogen) atoms. The predicted octanol–water partition coefficient (Wildman–Crippen LogP) is 6.18. The highest BCUT2D eigenvalue weighted by Gasteiger charge is 2.31. The Bertz CT molecular complexity index is 1210. The van der Waals surface area contributed by atoms with Crippen LogP contribution in [-0.4, -0.2) is 16.1 Å². The molecule has 0 atom stereocenters. The average molecular weight is 474 g/mol. The van der Waals surface area contributed by atoms with E-state index < -0.39 is 11.7 Å². The van der Waals surface area contributed by atoms with Crippen molar-refractivity contribution in [3.8, 4) is 11.3 Å². The summed E-state index contributed by atoms with van der Waals surface area (Å²) < 4.78 is 38.4. The van der Waals surface area contributed by atoms with Crippen LogP contribution in [0.3, 0.4) is 0 Å². The smallest absolute Gasteiger partial charge is 0.301 e. The maximum absolute atomic E-state index is 12.8. The van der Waals surface area contributed by atoms with Gasteiger partial charge in [0.15, 0.2) is 5.17 Å². The van der Waals surface area contributed by atoms with Gasteiger partial charge in [-0.2, -0.15) is 13.2 Å². The van der Waals surface area contributed by atoms with Crippen LogP contribution in [0.5, 0.6) is 0 Å². The normalized spacial score (nSPS) is 16.6. The molecule has 4 rings (SSSR count). The minimum Gasteiger partial charge on any atom is -0.301 e. The maximum Gasteiger partial charge on any atom is 0.417 e. The lowest BCUT2D eigenvalue weighted by molar-refractivity contribution is -0.137. The molecule has 0 radical (unpaired) electrons. The molecular formula is C23H15ClF3N3OS. The second-order valence-electron chi connectivity index (χ2n) is 6.85. The number of alkyl halides is 3. The summed E-state index contributed by atoms with van der Waals surface area (Å²) in [5, 5.41) is 3.19. The minimum absolute atomic E-state index is 0.0871. The van der Waals surface area contributed by atoms with Gasteiger partial charge < -0.3 is 5.32 Å². The second kappa shape index (κ2) is 9.18. The Morgan fingerprint density at radius 3 is 2.47 bits per heavy atom. The van der Waals surface area contributed by atoms with Crippen molar-refractivity contribution < 1.29 is 18.0 Å². The number of nitrogens with zero attached hydrogens (tertiary/aromatic N) is 2. The van der Waals surface area contributed by atoms with Crippen molar-refractivity contribution in [1.82, 2.24) is 10.3 Å². The molecule has 1 saturated heterocycles. The molecule has 162 valence electrons. The molecule has 2 heterocycles. The number of hydrogen-bond donors (Lipinski definition) is 1. The zero-order chi connectivity index (χ0) is 22.7. The third-order valence-electron chi connectivity index (χ3n) is 4.55. The summed E-state index contributed by atoms with van der Waals surface area (Å²) in [5.41, 5.74) is 1.71. The zero-order valence-corrected chi connectivity index (χ0v) is 17.9. The van der Waals surface area contributed by atoms with Gasteiger partial charge >= 0.3 is 6.18 Å². The average Bonchev–Trinajstić information content (AvgIpc) is 3.12. The summed E-state index contributed by atoms with van der Waals surface area (Å²) in [4.78, 5) is 21.0. The van der Waals surface area contributed by atoms with Crippen LogP contribution in [0.25, 0.3) is 17.3 Å². The number of carbonyl (C=O) groups excluding carboxylic acids is 1. The molecule has 0 spiro atoms. The lowest BCUT2D eigenvalue weighted by atomic mass is 10.1. The number of halogens is 4. The first kappa shape index (κ1) is 22.1. The predicted molar refractivity (Wildman–Crippen MR) is 121 cm³/mol. The van der Waals surface area contributed by atoms with E-state index in [2.05, 4.69) is 15.3 Å². The fraction of sp³-hybridized carbons (Fsp3) is 0.0870. The number of nitrogens with one attached hydrogen (secondary N) is 1. The molecular weight excluding hydrogens is 459 g/mol. The summed E-state index contributed by atoms with van der Waals surface area (Å²) in [6, 6.07) is 17.4. The van der Waals surface area contributed by atoms with E-state index in [9.17, 15) is 18.0 Å². The number of amidine groups is 1. The first-order valence-electron chi connectivity index (χ1n) is 9.42. The summed E-state index contributed by atoms with van der Waals surface area (Å²) in [7, 11) is 0. The van der Waals surface area contributed by atoms with Gasteiger partial charge in [-0.25, -0.2) is 0 Å². The number of pyridine rings is 1. The Labute approximate surface area is 191 Å². The van der Waals surface area contributed by atoms with Gasteiger partial charge in [0, 0.05) is 11.8 Å². The van der Waals surface area contributed by atoms with Crippen LogP contribution in [0.15, 0.2) is 76.8 Å². The summed E-state index contributed by atoms with van der Waals surface area (Å²) in [6.07, 6.45) is -2.03. The number of aliphatic imine (C=N–C) groups is 1. The zero-order valence-electron chi connectivity index (χ0n) is 16.4. The number of hydrogen-bond acceptors (Lipinski definition) is 4. The first-order valence-corrected chi connectivity index (χ1v) is 10.6. The highest BCUT2D eigenvalue weighted by Crippen LogP contribution is 2.34. The lowest BCUT2D eigenvalue weighted by Gasteiger charge is -2.09. The molecule has 3 aromatic rings. The van der Waals surface area contributed by atoms with Crippen molar-refractivity contribution in [1.29, 1.82) is 0 Å². The third kappa shape index (κ3) is 5.20. The van der Waals surface area contributed by atoms with Gasteiger partial charge in [0.1, 0.15) is 0 Å². The van der Waals surface area contributed by atoms with E-state index in [1.165, 1.54) is 11.8 Å². The van der Waals surface area contributed by atoms with Crippen LogP contribution in [0.1, 0.15) is 16.7 Å². The van der Waals surface area contributed by atoms with Crippen LogP contribution in [0.4, 0.5) is 13.2 Å². The largest absolute Gasteiger partial charge is 0.417 e. The van der Waals surface area contributed by atoms with E-state index in [1.54, 1.807) is 30.3 Å². The molecule has 1 fully saturated rings. The maximum atomic E-state index is 12.8. The van der Waals surface area contributed by atoms with Gasteiger partial charge in [0.05, 0.1) is 27.7 Å². The molecule has 1 aliphatic rings. The van der Waals surface area contributed by atoms with Gasteiger partial charge in [0.25, 0.3) is 5.91 Å². The topological polar surface area (TPSA) is 54.4 Å². The molecule has 2 aromatic carbocycles. The van der Waals surface area contributed by atoms with Crippen LogP contribution >= 0.6 is 23.4 Å². The van der Waals surface area contributed by atoms with E-state index >= 15 is 0 Å². The highest BCUT2D eigenvalue weighted by atomic mass is 35.5. The summed E-state index contributed by atoms with van der Waals surface area (Å²) >= 11 is 7.26. The van der Waals surface area contributed by atoms with Crippen LogP contribution in [-0.2, 0) is 17.5 Å². The van der Waals surface area contributed by atoms with Crippen molar-refractivity contribution in [3.63, 3.8) is 0 Å². The second-order valence-corrected chi connectivity index (χ2v) is 8.28. The fourth-order valence-electron chi connectivity index (χ4n) is 2.94. The van der Waals surface area contributed by atoms with E-state index in [-0.39, 0.29) is 16.6 Å².